The molecule has 0 aliphatic rings. The van der Waals surface area contributed by atoms with Crippen LogP contribution in [0.25, 0.3) is 0 Å². The zero-order valence-corrected chi connectivity index (χ0v) is 17.5. The van der Waals surface area contributed by atoms with E-state index >= 15 is 0 Å². The second-order valence-corrected chi connectivity index (χ2v) is 6.38. The fraction of sp³-hybridized carbons (Fsp3) is 0.650. The molecule has 0 atom stereocenters. The third-order valence-corrected chi connectivity index (χ3v) is 4.38. The number of carboxylic acids is 1. The van der Waals surface area contributed by atoms with Crippen molar-refractivity contribution < 1.29 is 44.6 Å². The van der Waals surface area contributed by atoms with E-state index in [1.54, 1.807) is 12.1 Å². The monoisotopic (exact) mass is 342 g/mol. The molecule has 1 aromatic carbocycles. The molecule has 0 unspecified atom stereocenters. The van der Waals surface area contributed by atoms with Gasteiger partial charge in [-0.15, -0.1) is 0 Å². The molecule has 4 heteroatoms. The summed E-state index contributed by atoms with van der Waals surface area (Å²) in [4.78, 5) is 11.1. The summed E-state index contributed by atoms with van der Waals surface area (Å²) in [5, 5.41) is 20.7. The van der Waals surface area contributed by atoms with Gasteiger partial charge in [0.25, 0.3) is 0 Å². The van der Waals surface area contributed by atoms with Crippen LogP contribution >= 0.6 is 0 Å². The molecular weight excluding hydrogens is 311 g/mol. The Hall–Kier alpha value is -0.510. The van der Waals surface area contributed by atoms with E-state index in [1.165, 1.54) is 63.9 Å². The van der Waals surface area contributed by atoms with Gasteiger partial charge in [-0.2, -0.15) is 0 Å². The Balaban J connectivity index is 0.00000529. The van der Waals surface area contributed by atoms with E-state index in [4.69, 9.17) is 5.11 Å². The minimum Gasteiger partial charge on any atom is -0.872 e. The molecule has 0 aliphatic carbocycles. The Labute approximate surface area is 169 Å². The summed E-state index contributed by atoms with van der Waals surface area (Å²) in [6.07, 6.45) is 14.6. The molecule has 24 heavy (non-hydrogen) atoms. The SMILES string of the molecule is CCCCCCCCCCCCCc1cccc([O-])c1C(=O)O.[Na+]. The Kier molecular flexibility index (Phi) is 14.5. The van der Waals surface area contributed by atoms with Crippen LogP contribution in [-0.2, 0) is 6.42 Å². The molecule has 0 aromatic heterocycles. The van der Waals surface area contributed by atoms with Gasteiger partial charge in [-0.05, 0) is 18.4 Å². The number of carboxylic acid groups (broad SMARTS) is 1. The van der Waals surface area contributed by atoms with Crippen molar-refractivity contribution in [3.05, 3.63) is 29.3 Å². The van der Waals surface area contributed by atoms with Crippen LogP contribution in [0.15, 0.2) is 18.2 Å². The molecule has 0 fully saturated rings. The minimum atomic E-state index is -1.10. The molecule has 1 rings (SSSR count). The molecule has 0 bridgehead atoms. The molecule has 0 amide bonds. The van der Waals surface area contributed by atoms with E-state index in [0.29, 0.717) is 12.0 Å². The summed E-state index contributed by atoms with van der Waals surface area (Å²) in [5.41, 5.74) is 0.639. The normalized spacial score (nSPS) is 10.4. The van der Waals surface area contributed by atoms with Crippen molar-refractivity contribution >= 4 is 5.97 Å². The molecule has 3 nitrogen and oxygen atoms in total. The van der Waals surface area contributed by atoms with E-state index in [2.05, 4.69) is 6.92 Å². The zero-order chi connectivity index (χ0) is 16.9. The molecule has 1 aromatic rings. The van der Waals surface area contributed by atoms with Crippen LogP contribution in [0.3, 0.4) is 0 Å². The molecule has 0 aliphatic heterocycles. The average molecular weight is 342 g/mol. The fourth-order valence-electron chi connectivity index (χ4n) is 3.01. The van der Waals surface area contributed by atoms with Gasteiger partial charge in [0.1, 0.15) is 0 Å². The number of hydrogen-bond donors (Lipinski definition) is 1. The summed E-state index contributed by atoms with van der Waals surface area (Å²) in [7, 11) is 0. The van der Waals surface area contributed by atoms with E-state index in [-0.39, 0.29) is 40.9 Å². The summed E-state index contributed by atoms with van der Waals surface area (Å²) < 4.78 is 0. The minimum absolute atomic E-state index is 0. The van der Waals surface area contributed by atoms with Crippen molar-refractivity contribution in [3.8, 4) is 5.75 Å². The van der Waals surface area contributed by atoms with Crippen molar-refractivity contribution in [2.45, 2.75) is 84.0 Å². The van der Waals surface area contributed by atoms with Gasteiger partial charge in [0.05, 0.1) is 5.56 Å². The topological polar surface area (TPSA) is 60.4 Å². The van der Waals surface area contributed by atoms with Crippen molar-refractivity contribution in [2.75, 3.05) is 0 Å². The second-order valence-electron chi connectivity index (χ2n) is 6.38. The van der Waals surface area contributed by atoms with Gasteiger partial charge in [0.15, 0.2) is 0 Å². The first-order valence-corrected chi connectivity index (χ1v) is 9.19. The van der Waals surface area contributed by atoms with Gasteiger partial charge in [0.2, 0.25) is 0 Å². The number of aromatic carboxylic acids is 1. The predicted molar refractivity (Wildman–Crippen MR) is 93.0 cm³/mol. The number of rotatable bonds is 13. The second kappa shape index (κ2) is 14.8. The third-order valence-electron chi connectivity index (χ3n) is 4.38. The van der Waals surface area contributed by atoms with E-state index in [9.17, 15) is 9.90 Å². The molecule has 0 saturated carbocycles. The van der Waals surface area contributed by atoms with Crippen molar-refractivity contribution in [3.63, 3.8) is 0 Å². The first-order chi connectivity index (χ1) is 11.2. The fourth-order valence-corrected chi connectivity index (χ4v) is 3.01. The molecular formula is C20H31NaO3. The number of hydrogen-bond acceptors (Lipinski definition) is 2. The largest absolute Gasteiger partial charge is 1.00 e. The van der Waals surface area contributed by atoms with E-state index < -0.39 is 5.97 Å². The Bertz CT molecular complexity index is 460. The van der Waals surface area contributed by atoms with Gasteiger partial charge in [-0.3, -0.25) is 0 Å². The predicted octanol–water partition coefficient (Wildman–Crippen LogP) is 2.32. The zero-order valence-electron chi connectivity index (χ0n) is 15.5. The summed E-state index contributed by atoms with van der Waals surface area (Å²) in [6, 6.07) is 4.75. The first-order valence-electron chi connectivity index (χ1n) is 9.19. The summed E-state index contributed by atoms with van der Waals surface area (Å²) in [6.45, 7) is 2.24. The summed E-state index contributed by atoms with van der Waals surface area (Å²) in [5.74, 6) is -1.48. The number of carbonyl (C=O) groups is 1. The van der Waals surface area contributed by atoms with Gasteiger partial charge in [-0.1, -0.05) is 95.1 Å². The Morgan fingerprint density at radius 2 is 1.42 bits per heavy atom. The van der Waals surface area contributed by atoms with Crippen LogP contribution in [-0.4, -0.2) is 11.1 Å². The maximum Gasteiger partial charge on any atom is 1.00 e. The van der Waals surface area contributed by atoms with Crippen LogP contribution in [0.2, 0.25) is 0 Å². The number of aryl methyl sites for hydroxylation is 1. The first kappa shape index (κ1) is 23.5. The Morgan fingerprint density at radius 3 is 1.92 bits per heavy atom. The summed E-state index contributed by atoms with van der Waals surface area (Å²) >= 11 is 0. The van der Waals surface area contributed by atoms with Gasteiger partial charge >= 0.3 is 35.5 Å². The van der Waals surface area contributed by atoms with Crippen LogP contribution in [0.5, 0.6) is 5.75 Å². The van der Waals surface area contributed by atoms with Crippen LogP contribution in [0, 0.1) is 0 Å². The van der Waals surface area contributed by atoms with Gasteiger partial charge in [0, 0.05) is 0 Å². The smallest absolute Gasteiger partial charge is 0.872 e. The quantitative estimate of drug-likeness (QED) is 0.442. The van der Waals surface area contributed by atoms with Crippen LogP contribution in [0.4, 0.5) is 0 Å². The van der Waals surface area contributed by atoms with Crippen molar-refractivity contribution in [2.24, 2.45) is 0 Å². The van der Waals surface area contributed by atoms with E-state index in [1.807, 2.05) is 0 Å². The molecule has 1 N–H and O–H groups in total. The Morgan fingerprint density at radius 1 is 0.917 bits per heavy atom. The van der Waals surface area contributed by atoms with Crippen molar-refractivity contribution in [1.29, 1.82) is 0 Å². The van der Waals surface area contributed by atoms with Gasteiger partial charge < -0.3 is 10.2 Å². The van der Waals surface area contributed by atoms with Gasteiger partial charge in [-0.25, -0.2) is 4.79 Å². The third kappa shape index (κ3) is 9.71. The maximum atomic E-state index is 11.6. The standard InChI is InChI=1S/C20H32O3.Na/c1-2-3-4-5-6-7-8-9-10-11-12-14-17-15-13-16-18(21)19(17)20(22)23;/h13,15-16,21H,2-12,14H2,1H3,(H,22,23);/q;+1/p-1. The number of unbranched alkanes of at least 4 members (excludes halogenated alkanes) is 10. The molecule has 0 heterocycles. The number of benzene rings is 1. The van der Waals surface area contributed by atoms with Crippen LogP contribution < -0.4 is 34.7 Å². The van der Waals surface area contributed by atoms with Crippen molar-refractivity contribution in [1.82, 2.24) is 0 Å². The maximum absolute atomic E-state index is 11.6. The molecule has 0 spiro atoms. The molecule has 0 radical (unpaired) electrons. The average Bonchev–Trinajstić information content (AvgIpc) is 2.52. The van der Waals surface area contributed by atoms with E-state index in [0.717, 1.165) is 12.8 Å². The van der Waals surface area contributed by atoms with Crippen LogP contribution in [0.1, 0.15) is 93.5 Å². The molecule has 0 saturated heterocycles. The molecule has 130 valence electrons.